The van der Waals surface area contributed by atoms with Gasteiger partial charge in [0.05, 0.1) is 11.1 Å². The SMILES string of the molecule is C=C/C=C\SC.CCC(CN1C(=O)c2ccccc2C1=O)C(C)CC(=O)N1Cc2ccccc2C1. The fourth-order valence-electron chi connectivity index (χ4n) is 4.57. The van der Waals surface area contributed by atoms with Gasteiger partial charge in [-0.1, -0.05) is 75.4 Å². The first-order valence-corrected chi connectivity index (χ1v) is 13.3. The van der Waals surface area contributed by atoms with E-state index in [-0.39, 0.29) is 29.6 Å². The van der Waals surface area contributed by atoms with Crippen molar-refractivity contribution in [3.63, 3.8) is 0 Å². The van der Waals surface area contributed by atoms with Crippen LogP contribution in [0.5, 0.6) is 0 Å². The van der Waals surface area contributed by atoms with Crippen LogP contribution < -0.4 is 0 Å². The van der Waals surface area contributed by atoms with Gasteiger partial charge in [0.25, 0.3) is 11.8 Å². The number of carbonyl (C=O) groups excluding carboxylic acids is 3. The average Bonchev–Trinajstić information content (AvgIpc) is 3.41. The molecule has 0 radical (unpaired) electrons. The van der Waals surface area contributed by atoms with E-state index in [1.807, 2.05) is 41.7 Å². The maximum Gasteiger partial charge on any atom is 0.261 e. The Kier molecular flexibility index (Phi) is 9.49. The molecule has 0 bridgehead atoms. The summed E-state index contributed by atoms with van der Waals surface area (Å²) in [5.41, 5.74) is 3.38. The topological polar surface area (TPSA) is 57.7 Å². The maximum atomic E-state index is 12.9. The Balaban J connectivity index is 0.000000509. The molecule has 5 nitrogen and oxygen atoms in total. The average molecular weight is 491 g/mol. The van der Waals surface area contributed by atoms with Gasteiger partial charge in [0.2, 0.25) is 5.91 Å². The lowest BCUT2D eigenvalue weighted by molar-refractivity contribution is -0.133. The molecule has 0 aromatic heterocycles. The van der Waals surface area contributed by atoms with E-state index < -0.39 is 0 Å². The van der Waals surface area contributed by atoms with E-state index in [1.54, 1.807) is 42.1 Å². The van der Waals surface area contributed by atoms with Crippen LogP contribution in [0.1, 0.15) is 58.5 Å². The highest BCUT2D eigenvalue weighted by atomic mass is 32.2. The van der Waals surface area contributed by atoms with E-state index in [2.05, 4.69) is 25.6 Å². The summed E-state index contributed by atoms with van der Waals surface area (Å²) in [7, 11) is 0. The molecule has 0 fully saturated rings. The summed E-state index contributed by atoms with van der Waals surface area (Å²) in [5.74, 6) is -0.142. The van der Waals surface area contributed by atoms with Crippen molar-refractivity contribution in [1.29, 1.82) is 0 Å². The summed E-state index contributed by atoms with van der Waals surface area (Å²) in [6.45, 7) is 9.28. The highest BCUT2D eigenvalue weighted by Crippen LogP contribution is 2.29. The lowest BCUT2D eigenvalue weighted by Gasteiger charge is -2.27. The number of nitrogens with zero attached hydrogens (tertiary/aromatic N) is 2. The van der Waals surface area contributed by atoms with Gasteiger partial charge < -0.3 is 4.90 Å². The van der Waals surface area contributed by atoms with Crippen molar-refractivity contribution in [2.24, 2.45) is 11.8 Å². The molecule has 2 aliphatic heterocycles. The molecule has 2 unspecified atom stereocenters. The van der Waals surface area contributed by atoms with Gasteiger partial charge in [0, 0.05) is 26.1 Å². The Labute approximate surface area is 212 Å². The summed E-state index contributed by atoms with van der Waals surface area (Å²) in [6, 6.07) is 15.1. The quantitative estimate of drug-likeness (QED) is 0.340. The van der Waals surface area contributed by atoms with Crippen LogP contribution in [0.15, 0.2) is 72.7 Å². The highest BCUT2D eigenvalue weighted by molar-refractivity contribution is 8.01. The summed E-state index contributed by atoms with van der Waals surface area (Å²) in [5, 5.41) is 1.98. The molecule has 0 N–H and O–H groups in total. The minimum atomic E-state index is -0.224. The Morgan fingerprint density at radius 1 is 1.03 bits per heavy atom. The van der Waals surface area contributed by atoms with Crippen molar-refractivity contribution in [3.8, 4) is 0 Å². The second-order valence-electron chi connectivity index (χ2n) is 8.93. The van der Waals surface area contributed by atoms with Crippen LogP contribution in [-0.4, -0.2) is 40.3 Å². The third-order valence-electron chi connectivity index (χ3n) is 6.67. The zero-order valence-corrected chi connectivity index (χ0v) is 21.6. The number of rotatable bonds is 8. The number of allylic oxidation sites excluding steroid dienone is 2. The molecule has 0 saturated carbocycles. The number of fused-ring (bicyclic) bond motifs is 2. The molecule has 3 amide bonds. The van der Waals surface area contributed by atoms with Gasteiger partial charge >= 0.3 is 0 Å². The summed E-state index contributed by atoms with van der Waals surface area (Å²) in [4.78, 5) is 41.5. The van der Waals surface area contributed by atoms with E-state index in [0.717, 1.165) is 6.42 Å². The molecule has 184 valence electrons. The molecule has 2 aromatic rings. The zero-order chi connectivity index (χ0) is 25.4. The summed E-state index contributed by atoms with van der Waals surface area (Å²) >= 11 is 1.67. The largest absolute Gasteiger partial charge is 0.334 e. The number of amides is 3. The number of imide groups is 1. The standard InChI is InChI=1S/C24H26N2O3.C5H8S/c1-3-17(15-26-23(28)20-10-6-7-11-21(20)24(26)29)16(2)12-22(27)25-13-18-8-4-5-9-19(18)14-25;1-3-4-5-6-2/h4-11,16-17H,3,12-15H2,1-2H3;3-5H,1H2,2H3/b;5-4-. The van der Waals surface area contributed by atoms with Gasteiger partial charge in [0.1, 0.15) is 0 Å². The molecule has 2 aromatic carbocycles. The highest BCUT2D eigenvalue weighted by Gasteiger charge is 2.37. The molecule has 0 spiro atoms. The molecule has 2 atom stereocenters. The molecule has 35 heavy (non-hydrogen) atoms. The predicted molar refractivity (Wildman–Crippen MR) is 143 cm³/mol. The zero-order valence-electron chi connectivity index (χ0n) is 20.8. The lowest BCUT2D eigenvalue weighted by Crippen LogP contribution is -2.37. The molecule has 4 rings (SSSR count). The third kappa shape index (κ3) is 6.31. The Morgan fingerprint density at radius 3 is 2.03 bits per heavy atom. The Hall–Kier alpha value is -3.12. The first-order chi connectivity index (χ1) is 16.9. The van der Waals surface area contributed by atoms with Crippen molar-refractivity contribution >= 4 is 29.5 Å². The maximum absolute atomic E-state index is 12.9. The van der Waals surface area contributed by atoms with Gasteiger partial charge in [-0.25, -0.2) is 0 Å². The number of thioether (sulfide) groups is 1. The smallest absolute Gasteiger partial charge is 0.261 e. The van der Waals surface area contributed by atoms with Crippen molar-refractivity contribution in [2.75, 3.05) is 12.8 Å². The summed E-state index contributed by atoms with van der Waals surface area (Å²) in [6.07, 6.45) is 6.92. The number of hydrogen-bond acceptors (Lipinski definition) is 4. The van der Waals surface area contributed by atoms with Crippen molar-refractivity contribution in [3.05, 3.63) is 94.9 Å². The van der Waals surface area contributed by atoms with Crippen LogP contribution >= 0.6 is 11.8 Å². The number of benzene rings is 2. The Morgan fingerprint density at radius 2 is 1.57 bits per heavy atom. The van der Waals surface area contributed by atoms with Crippen molar-refractivity contribution in [2.45, 2.75) is 39.8 Å². The van der Waals surface area contributed by atoms with E-state index in [0.29, 0.717) is 37.2 Å². The van der Waals surface area contributed by atoms with Crippen LogP contribution in [0.4, 0.5) is 0 Å². The van der Waals surface area contributed by atoms with E-state index in [9.17, 15) is 14.4 Å². The third-order valence-corrected chi connectivity index (χ3v) is 7.09. The molecular formula is C29H34N2O3S. The molecule has 0 aliphatic carbocycles. The fourth-order valence-corrected chi connectivity index (χ4v) is 4.83. The Bertz CT molecular complexity index is 1050. The second kappa shape index (κ2) is 12.5. The normalized spacial score (nSPS) is 16.0. The van der Waals surface area contributed by atoms with E-state index >= 15 is 0 Å². The van der Waals surface area contributed by atoms with E-state index in [1.165, 1.54) is 16.0 Å². The fraction of sp³-hybridized carbons (Fsp3) is 0.345. The van der Waals surface area contributed by atoms with Crippen LogP contribution in [-0.2, 0) is 17.9 Å². The van der Waals surface area contributed by atoms with Crippen LogP contribution in [0.2, 0.25) is 0 Å². The molecule has 0 saturated heterocycles. The minimum absolute atomic E-state index is 0.0838. The van der Waals surface area contributed by atoms with Gasteiger partial charge in [-0.05, 0) is 46.8 Å². The molecular weight excluding hydrogens is 456 g/mol. The second-order valence-corrected chi connectivity index (χ2v) is 9.68. The van der Waals surface area contributed by atoms with Crippen LogP contribution in [0.25, 0.3) is 0 Å². The van der Waals surface area contributed by atoms with Crippen molar-refractivity contribution < 1.29 is 14.4 Å². The first kappa shape index (κ1) is 26.5. The van der Waals surface area contributed by atoms with Gasteiger partial charge in [-0.15, -0.1) is 11.8 Å². The summed E-state index contributed by atoms with van der Waals surface area (Å²) < 4.78 is 0. The monoisotopic (exact) mass is 490 g/mol. The lowest BCUT2D eigenvalue weighted by atomic mass is 9.88. The number of hydrogen-bond donors (Lipinski definition) is 0. The van der Waals surface area contributed by atoms with Gasteiger partial charge in [0.15, 0.2) is 0 Å². The van der Waals surface area contributed by atoms with Gasteiger partial charge in [-0.2, -0.15) is 0 Å². The predicted octanol–water partition coefficient (Wildman–Crippen LogP) is 5.93. The minimum Gasteiger partial charge on any atom is -0.334 e. The van der Waals surface area contributed by atoms with Crippen LogP contribution in [0.3, 0.4) is 0 Å². The number of carbonyl (C=O) groups is 3. The molecule has 2 heterocycles. The molecule has 2 aliphatic rings. The molecule has 6 heteroatoms. The first-order valence-electron chi connectivity index (χ1n) is 12.0. The van der Waals surface area contributed by atoms with Gasteiger partial charge in [-0.3, -0.25) is 19.3 Å². The van der Waals surface area contributed by atoms with Crippen LogP contribution in [0, 0.1) is 11.8 Å². The van der Waals surface area contributed by atoms with E-state index in [4.69, 9.17) is 0 Å². The van der Waals surface area contributed by atoms with Crippen molar-refractivity contribution in [1.82, 2.24) is 9.80 Å².